The number of hydrogen-bond donors (Lipinski definition) is 2. The van der Waals surface area contributed by atoms with Crippen molar-refractivity contribution in [3.63, 3.8) is 0 Å². The third kappa shape index (κ3) is 2.84. The van der Waals surface area contributed by atoms with Crippen molar-refractivity contribution in [2.75, 3.05) is 5.32 Å². The largest absolute Gasteiger partial charge is 0.365 e. The first-order valence-corrected chi connectivity index (χ1v) is 8.99. The first-order valence-electron chi connectivity index (χ1n) is 8.17. The third-order valence-electron chi connectivity index (χ3n) is 4.59. The highest BCUT2D eigenvalue weighted by atomic mass is 32.1. The monoisotopic (exact) mass is 346 g/mol. The van der Waals surface area contributed by atoms with Crippen molar-refractivity contribution < 1.29 is 9.59 Å². The maximum Gasteiger partial charge on any atom is 0.251 e. The number of anilines is 1. The Labute approximate surface area is 145 Å². The Hall–Kier alpha value is -2.15. The van der Waals surface area contributed by atoms with Gasteiger partial charge in [-0.25, -0.2) is 0 Å². The topological polar surface area (TPSA) is 90.0 Å². The van der Waals surface area contributed by atoms with E-state index in [0.29, 0.717) is 10.6 Å². The van der Waals surface area contributed by atoms with Crippen LogP contribution in [0.3, 0.4) is 0 Å². The first kappa shape index (κ1) is 16.7. The van der Waals surface area contributed by atoms with Gasteiger partial charge >= 0.3 is 0 Å². The number of nitrogens with zero attached hydrogens (tertiary/aromatic N) is 2. The molecule has 3 N–H and O–H groups in total. The van der Waals surface area contributed by atoms with Gasteiger partial charge in [0.25, 0.3) is 5.91 Å². The molecule has 1 atom stereocenters. The molecule has 0 saturated carbocycles. The molecule has 128 valence electrons. The predicted molar refractivity (Wildman–Crippen MR) is 94.5 cm³/mol. The van der Waals surface area contributed by atoms with E-state index in [9.17, 15) is 9.59 Å². The number of carbonyl (C=O) groups excluding carboxylic acids is 2. The van der Waals surface area contributed by atoms with Gasteiger partial charge in [-0.3, -0.25) is 14.3 Å². The predicted octanol–water partition coefficient (Wildman–Crippen LogP) is 2.51. The summed E-state index contributed by atoms with van der Waals surface area (Å²) in [6.45, 7) is 3.91. The van der Waals surface area contributed by atoms with Gasteiger partial charge in [0.05, 0.1) is 17.2 Å². The molecule has 0 saturated heterocycles. The van der Waals surface area contributed by atoms with Crippen molar-refractivity contribution in [3.8, 4) is 0 Å². The lowest BCUT2D eigenvalue weighted by atomic mass is 9.86. The first-order chi connectivity index (χ1) is 11.4. The lowest BCUT2D eigenvalue weighted by Gasteiger charge is -2.20. The highest BCUT2D eigenvalue weighted by Crippen LogP contribution is 2.36. The van der Waals surface area contributed by atoms with E-state index >= 15 is 0 Å². The molecule has 24 heavy (non-hydrogen) atoms. The highest BCUT2D eigenvalue weighted by molar-refractivity contribution is 7.17. The van der Waals surface area contributed by atoms with Crippen molar-refractivity contribution in [3.05, 3.63) is 33.5 Å². The van der Waals surface area contributed by atoms with Crippen LogP contribution in [0.1, 0.15) is 57.7 Å². The van der Waals surface area contributed by atoms with Gasteiger partial charge in [0.2, 0.25) is 5.91 Å². The molecule has 0 aromatic carbocycles. The summed E-state index contributed by atoms with van der Waals surface area (Å²) in [6, 6.07) is 0. The minimum absolute atomic E-state index is 0.0876. The van der Waals surface area contributed by atoms with Gasteiger partial charge in [0.1, 0.15) is 5.00 Å². The number of aromatic nitrogens is 2. The number of thiophene rings is 1. The molecule has 2 amide bonds. The van der Waals surface area contributed by atoms with Gasteiger partial charge in [-0.1, -0.05) is 6.92 Å². The Morgan fingerprint density at radius 1 is 1.50 bits per heavy atom. The van der Waals surface area contributed by atoms with Crippen LogP contribution >= 0.6 is 11.3 Å². The summed E-state index contributed by atoms with van der Waals surface area (Å²) in [7, 11) is 1.87. The Morgan fingerprint density at radius 2 is 2.25 bits per heavy atom. The molecule has 0 aliphatic heterocycles. The van der Waals surface area contributed by atoms with Crippen LogP contribution in [0.5, 0.6) is 0 Å². The summed E-state index contributed by atoms with van der Waals surface area (Å²) in [4.78, 5) is 25.7. The Bertz CT molecular complexity index is 806. The molecule has 2 heterocycles. The van der Waals surface area contributed by atoms with Crippen LogP contribution in [0.15, 0.2) is 6.20 Å². The number of nitrogens with one attached hydrogen (secondary N) is 1. The molecule has 2 aromatic rings. The minimum Gasteiger partial charge on any atom is -0.365 e. The van der Waals surface area contributed by atoms with Crippen LogP contribution in [0.4, 0.5) is 5.00 Å². The SMILES string of the molecule is CCc1sc(NC(=O)C2CCCc3nn(C)cc32)c(C(N)=O)c1C. The minimum atomic E-state index is -0.496. The fraction of sp³-hybridized carbons (Fsp3) is 0.471. The van der Waals surface area contributed by atoms with Gasteiger partial charge in [-0.2, -0.15) is 5.10 Å². The number of rotatable bonds is 4. The van der Waals surface area contributed by atoms with E-state index in [-0.39, 0.29) is 11.8 Å². The summed E-state index contributed by atoms with van der Waals surface area (Å²) in [5.74, 6) is -0.810. The summed E-state index contributed by atoms with van der Waals surface area (Å²) in [5.41, 5.74) is 8.82. The molecular formula is C17H22N4O2S. The van der Waals surface area contributed by atoms with E-state index in [0.717, 1.165) is 47.4 Å². The van der Waals surface area contributed by atoms with Gasteiger partial charge in [-0.15, -0.1) is 11.3 Å². The molecule has 0 bridgehead atoms. The van der Waals surface area contributed by atoms with Crippen molar-refractivity contribution in [1.29, 1.82) is 0 Å². The van der Waals surface area contributed by atoms with Crippen LogP contribution < -0.4 is 11.1 Å². The molecule has 1 aliphatic carbocycles. The normalized spacial score (nSPS) is 16.7. The average Bonchev–Trinajstić information content (AvgIpc) is 3.05. The molecule has 6 nitrogen and oxygen atoms in total. The molecule has 7 heteroatoms. The molecule has 0 spiro atoms. The fourth-order valence-corrected chi connectivity index (χ4v) is 4.57. The molecule has 1 unspecified atom stereocenters. The number of carbonyl (C=O) groups is 2. The van der Waals surface area contributed by atoms with Crippen molar-refractivity contribution in [1.82, 2.24) is 9.78 Å². The van der Waals surface area contributed by atoms with E-state index in [1.54, 1.807) is 4.68 Å². The van der Waals surface area contributed by atoms with E-state index in [1.165, 1.54) is 11.3 Å². The second kappa shape index (κ2) is 6.39. The maximum atomic E-state index is 12.8. The number of primary amides is 1. The van der Waals surface area contributed by atoms with Gasteiger partial charge in [0, 0.05) is 23.7 Å². The quantitative estimate of drug-likeness (QED) is 0.891. The maximum absolute atomic E-state index is 12.8. The van der Waals surface area contributed by atoms with Crippen LogP contribution in [-0.2, 0) is 24.7 Å². The number of amides is 2. The fourth-order valence-electron chi connectivity index (χ4n) is 3.42. The van der Waals surface area contributed by atoms with Crippen LogP contribution in [0.2, 0.25) is 0 Å². The average molecular weight is 346 g/mol. The lowest BCUT2D eigenvalue weighted by molar-refractivity contribution is -0.117. The second-order valence-electron chi connectivity index (χ2n) is 6.21. The van der Waals surface area contributed by atoms with E-state index < -0.39 is 5.91 Å². The van der Waals surface area contributed by atoms with E-state index in [4.69, 9.17) is 5.73 Å². The lowest BCUT2D eigenvalue weighted by Crippen LogP contribution is -2.25. The zero-order valence-corrected chi connectivity index (χ0v) is 15.0. The molecule has 1 aliphatic rings. The molecule has 0 fully saturated rings. The number of nitrogens with two attached hydrogens (primary N) is 1. The van der Waals surface area contributed by atoms with Crippen molar-refractivity contribution in [2.45, 2.75) is 45.4 Å². The standard InChI is InChI=1S/C17H22N4O2S/c1-4-13-9(2)14(15(18)22)17(24-13)19-16(23)10-6-5-7-12-11(10)8-21(3)20-12/h8,10H,4-7H2,1-3H3,(H2,18,22)(H,19,23). The number of aryl methyl sites for hydroxylation is 3. The van der Waals surface area contributed by atoms with Gasteiger partial charge in [0.15, 0.2) is 0 Å². The zero-order chi connectivity index (χ0) is 17.4. The summed E-state index contributed by atoms with van der Waals surface area (Å²) in [6.07, 6.45) is 5.37. The van der Waals surface area contributed by atoms with Gasteiger partial charge < -0.3 is 11.1 Å². The Balaban J connectivity index is 1.90. The number of hydrogen-bond acceptors (Lipinski definition) is 4. The van der Waals surface area contributed by atoms with Crippen molar-refractivity contribution >= 4 is 28.2 Å². The second-order valence-corrected chi connectivity index (χ2v) is 7.32. The van der Waals surface area contributed by atoms with E-state index in [1.807, 2.05) is 27.1 Å². The number of fused-ring (bicyclic) bond motifs is 1. The van der Waals surface area contributed by atoms with Gasteiger partial charge in [-0.05, 0) is 38.2 Å². The van der Waals surface area contributed by atoms with Crippen molar-refractivity contribution in [2.24, 2.45) is 12.8 Å². The Kier molecular flexibility index (Phi) is 4.45. The van der Waals surface area contributed by atoms with E-state index in [2.05, 4.69) is 10.4 Å². The molecule has 3 rings (SSSR count). The van der Waals surface area contributed by atoms with Crippen LogP contribution in [0, 0.1) is 6.92 Å². The molecule has 0 radical (unpaired) electrons. The third-order valence-corrected chi connectivity index (χ3v) is 5.94. The Morgan fingerprint density at radius 3 is 2.92 bits per heavy atom. The summed E-state index contributed by atoms with van der Waals surface area (Å²) < 4.78 is 1.76. The smallest absolute Gasteiger partial charge is 0.251 e. The molecular weight excluding hydrogens is 324 g/mol. The molecule has 2 aromatic heterocycles. The highest BCUT2D eigenvalue weighted by Gasteiger charge is 2.30. The van der Waals surface area contributed by atoms with Crippen LogP contribution in [-0.4, -0.2) is 21.6 Å². The summed E-state index contributed by atoms with van der Waals surface area (Å²) >= 11 is 1.44. The van der Waals surface area contributed by atoms with Crippen LogP contribution in [0.25, 0.3) is 0 Å². The zero-order valence-electron chi connectivity index (χ0n) is 14.2. The summed E-state index contributed by atoms with van der Waals surface area (Å²) in [5, 5.41) is 7.95.